The lowest BCUT2D eigenvalue weighted by atomic mass is 10.1. The predicted molar refractivity (Wildman–Crippen MR) is 293 cm³/mol. The van der Waals surface area contributed by atoms with E-state index in [1.807, 2.05) is 18.2 Å². The number of carbonyl (C=O) groups is 3. The van der Waals surface area contributed by atoms with Crippen molar-refractivity contribution in [2.45, 2.75) is 252 Å². The second-order valence-corrected chi connectivity index (χ2v) is 18.2. The van der Waals surface area contributed by atoms with Gasteiger partial charge in [-0.3, -0.25) is 14.4 Å². The van der Waals surface area contributed by atoms with Crippen LogP contribution in [0.5, 0.6) is 0 Å². The lowest BCUT2D eigenvalue weighted by Crippen LogP contribution is -2.30. The second-order valence-electron chi connectivity index (χ2n) is 18.2. The van der Waals surface area contributed by atoms with Crippen molar-refractivity contribution in [3.05, 3.63) is 109 Å². The van der Waals surface area contributed by atoms with Gasteiger partial charge in [0.1, 0.15) is 13.2 Å². The Labute approximate surface area is 419 Å². The fourth-order valence-corrected chi connectivity index (χ4v) is 7.44. The third kappa shape index (κ3) is 53.0. The van der Waals surface area contributed by atoms with Crippen LogP contribution in [-0.2, 0) is 28.6 Å². The number of hydrogen-bond donors (Lipinski definition) is 0. The molecule has 68 heavy (non-hydrogen) atoms. The van der Waals surface area contributed by atoms with E-state index in [1.54, 1.807) is 0 Å². The van der Waals surface area contributed by atoms with Crippen LogP contribution in [0.15, 0.2) is 109 Å². The molecule has 0 aliphatic heterocycles. The molecule has 0 aliphatic carbocycles. The summed E-state index contributed by atoms with van der Waals surface area (Å²) in [6.07, 6.45) is 75.0. The van der Waals surface area contributed by atoms with Gasteiger partial charge in [-0.15, -0.1) is 0 Å². The topological polar surface area (TPSA) is 78.9 Å². The van der Waals surface area contributed by atoms with Crippen molar-refractivity contribution < 1.29 is 28.6 Å². The van der Waals surface area contributed by atoms with Gasteiger partial charge >= 0.3 is 17.9 Å². The first-order valence-electron chi connectivity index (χ1n) is 27.9. The Hall–Kier alpha value is -3.93. The van der Waals surface area contributed by atoms with Crippen molar-refractivity contribution in [1.29, 1.82) is 0 Å². The molecule has 1 atom stereocenters. The molecule has 0 radical (unpaired) electrons. The van der Waals surface area contributed by atoms with E-state index < -0.39 is 6.10 Å². The molecule has 0 fully saturated rings. The van der Waals surface area contributed by atoms with Crippen LogP contribution < -0.4 is 0 Å². The predicted octanol–water partition coefficient (Wildman–Crippen LogP) is 18.7. The number of ether oxygens (including phenoxy) is 3. The molecule has 0 aromatic carbocycles. The number of carbonyl (C=O) groups excluding carboxylic acids is 3. The van der Waals surface area contributed by atoms with Gasteiger partial charge in [0.25, 0.3) is 0 Å². The third-order valence-corrected chi connectivity index (χ3v) is 11.6. The Morgan fingerprint density at radius 2 is 0.647 bits per heavy atom. The molecular formula is C62H102O6. The van der Waals surface area contributed by atoms with Crippen LogP contribution in [0.3, 0.4) is 0 Å². The third-order valence-electron chi connectivity index (χ3n) is 11.6. The van der Waals surface area contributed by atoms with Crippen molar-refractivity contribution in [3.63, 3.8) is 0 Å². The quantitative estimate of drug-likeness (QED) is 0.0199. The summed E-state index contributed by atoms with van der Waals surface area (Å²) in [6, 6.07) is 0. The van der Waals surface area contributed by atoms with E-state index >= 15 is 0 Å². The van der Waals surface area contributed by atoms with Crippen LogP contribution in [-0.4, -0.2) is 37.2 Å². The molecular weight excluding hydrogens is 841 g/mol. The smallest absolute Gasteiger partial charge is 0.306 e. The molecule has 0 heterocycles. The lowest BCUT2D eigenvalue weighted by Gasteiger charge is -2.18. The van der Waals surface area contributed by atoms with Crippen LogP contribution in [0.2, 0.25) is 0 Å². The number of hydrogen-bond acceptors (Lipinski definition) is 6. The van der Waals surface area contributed by atoms with Gasteiger partial charge in [0.15, 0.2) is 6.10 Å². The molecule has 0 saturated heterocycles. The molecule has 0 aromatic heterocycles. The van der Waals surface area contributed by atoms with Gasteiger partial charge < -0.3 is 14.2 Å². The minimum atomic E-state index is -0.809. The minimum Gasteiger partial charge on any atom is -0.462 e. The first kappa shape index (κ1) is 64.1. The largest absolute Gasteiger partial charge is 0.462 e. The van der Waals surface area contributed by atoms with E-state index in [0.29, 0.717) is 12.8 Å². The summed E-state index contributed by atoms with van der Waals surface area (Å²) >= 11 is 0. The molecule has 6 nitrogen and oxygen atoms in total. The maximum atomic E-state index is 12.8. The summed E-state index contributed by atoms with van der Waals surface area (Å²) in [6.45, 7) is 6.34. The van der Waals surface area contributed by atoms with Crippen molar-refractivity contribution in [2.75, 3.05) is 13.2 Å². The standard InChI is InChI=1S/C62H102O6/c1-4-7-10-13-16-19-22-25-28-30-31-32-35-37-40-43-46-49-52-55-61(64)67-58-59(57-66-60(63)54-51-48-45-42-39-36-33-27-24-21-18-15-12-9-6-3)68-62(65)56-53-50-47-44-41-38-34-29-26-23-20-17-14-11-8-5-2/h8-9,11-12,15,17-18,20-21,24,26-27,29-31,33,38,41,59H,4-7,10,13-14,16,19,22-23,25,28,32,34-37,39-40,42-58H2,1-3H3/b11-8-,12-9-,18-15-,20-17-,24-21-,29-26-,31-30-,33-27-,41-38-. The maximum absolute atomic E-state index is 12.8. The van der Waals surface area contributed by atoms with E-state index in [-0.39, 0.29) is 37.5 Å². The molecule has 0 N–H and O–H groups in total. The zero-order chi connectivity index (χ0) is 49.3. The van der Waals surface area contributed by atoms with Gasteiger partial charge in [0, 0.05) is 19.3 Å². The molecule has 0 aromatic rings. The van der Waals surface area contributed by atoms with Crippen LogP contribution in [0.25, 0.3) is 0 Å². The first-order valence-corrected chi connectivity index (χ1v) is 27.9. The highest BCUT2D eigenvalue weighted by Crippen LogP contribution is 2.14. The maximum Gasteiger partial charge on any atom is 0.306 e. The zero-order valence-electron chi connectivity index (χ0n) is 44.1. The van der Waals surface area contributed by atoms with E-state index in [0.717, 1.165) is 116 Å². The lowest BCUT2D eigenvalue weighted by molar-refractivity contribution is -0.167. The first-order chi connectivity index (χ1) is 33.5. The van der Waals surface area contributed by atoms with Gasteiger partial charge in [-0.05, 0) is 103 Å². The van der Waals surface area contributed by atoms with Gasteiger partial charge in [-0.2, -0.15) is 0 Å². The molecule has 0 saturated carbocycles. The zero-order valence-corrected chi connectivity index (χ0v) is 44.1. The van der Waals surface area contributed by atoms with Gasteiger partial charge in [0.05, 0.1) is 0 Å². The molecule has 0 aliphatic rings. The Morgan fingerprint density at radius 3 is 1.10 bits per heavy atom. The highest BCUT2D eigenvalue weighted by Gasteiger charge is 2.19. The molecule has 0 amide bonds. The van der Waals surface area contributed by atoms with Gasteiger partial charge in [-0.25, -0.2) is 0 Å². The average Bonchev–Trinajstić information content (AvgIpc) is 3.34. The van der Waals surface area contributed by atoms with Crippen molar-refractivity contribution in [3.8, 4) is 0 Å². The molecule has 0 rings (SSSR count). The number of rotatable bonds is 49. The Morgan fingerprint density at radius 1 is 0.324 bits per heavy atom. The molecule has 6 heteroatoms. The molecule has 1 unspecified atom stereocenters. The van der Waals surface area contributed by atoms with Gasteiger partial charge in [-0.1, -0.05) is 233 Å². The SMILES string of the molecule is CC\C=C/C=C\C=C/C=C\CCCCCCCC(=O)OCC(COC(=O)CCCCCCCCC/C=C\CCCCCCCCCC)OC(=O)CCCCC/C=C\C/C=C\C/C=C\C/C=C\CC. The summed E-state index contributed by atoms with van der Waals surface area (Å²) in [4.78, 5) is 38.1. The van der Waals surface area contributed by atoms with Crippen LogP contribution in [0.1, 0.15) is 245 Å². The van der Waals surface area contributed by atoms with E-state index in [9.17, 15) is 14.4 Å². The van der Waals surface area contributed by atoms with E-state index in [4.69, 9.17) is 14.2 Å². The summed E-state index contributed by atoms with van der Waals surface area (Å²) in [5.74, 6) is -0.963. The average molecular weight is 943 g/mol. The Bertz CT molecular complexity index is 1410. The highest BCUT2D eigenvalue weighted by atomic mass is 16.6. The summed E-state index contributed by atoms with van der Waals surface area (Å²) in [7, 11) is 0. The normalized spacial score (nSPS) is 12.9. The van der Waals surface area contributed by atoms with Crippen molar-refractivity contribution in [2.24, 2.45) is 0 Å². The summed E-state index contributed by atoms with van der Waals surface area (Å²) < 4.78 is 16.8. The molecule has 0 spiro atoms. The fourth-order valence-electron chi connectivity index (χ4n) is 7.44. The van der Waals surface area contributed by atoms with E-state index in [1.165, 1.54) is 89.9 Å². The van der Waals surface area contributed by atoms with Crippen LogP contribution in [0.4, 0.5) is 0 Å². The number of esters is 3. The molecule has 0 bridgehead atoms. The highest BCUT2D eigenvalue weighted by molar-refractivity contribution is 5.71. The van der Waals surface area contributed by atoms with Gasteiger partial charge in [0.2, 0.25) is 0 Å². The Balaban J connectivity index is 4.47. The van der Waals surface area contributed by atoms with E-state index in [2.05, 4.69) is 112 Å². The summed E-state index contributed by atoms with van der Waals surface area (Å²) in [5, 5.41) is 0. The van der Waals surface area contributed by atoms with Crippen molar-refractivity contribution in [1.82, 2.24) is 0 Å². The Kier molecular flexibility index (Phi) is 52.4. The van der Waals surface area contributed by atoms with Crippen LogP contribution in [0, 0.1) is 0 Å². The van der Waals surface area contributed by atoms with Crippen molar-refractivity contribution >= 4 is 17.9 Å². The van der Waals surface area contributed by atoms with Crippen LogP contribution >= 0.6 is 0 Å². The second kappa shape index (κ2) is 55.7. The minimum absolute atomic E-state index is 0.103. The summed E-state index contributed by atoms with van der Waals surface area (Å²) in [5.41, 5.74) is 0. The molecule has 386 valence electrons. The number of unbranched alkanes of at least 4 members (excludes halogenated alkanes) is 23. The fraction of sp³-hybridized carbons (Fsp3) is 0.661. The monoisotopic (exact) mass is 943 g/mol. The number of allylic oxidation sites excluding steroid dienone is 18.